The Hall–Kier alpha value is -0.460. The van der Waals surface area contributed by atoms with Gasteiger partial charge in [0, 0.05) is 12.2 Å². The van der Waals surface area contributed by atoms with Crippen molar-refractivity contribution in [2.45, 2.75) is 53.9 Å². The molecule has 0 radical (unpaired) electrons. The Kier molecular flexibility index (Phi) is 6.75. The molecule has 0 amide bonds. The van der Waals surface area contributed by atoms with Crippen LogP contribution in [0.5, 0.6) is 0 Å². The Morgan fingerprint density at radius 3 is 2.31 bits per heavy atom. The fourth-order valence-electron chi connectivity index (χ4n) is 1.13. The molecule has 1 unspecified atom stereocenters. The van der Waals surface area contributed by atoms with Crippen molar-refractivity contribution in [2.24, 2.45) is 5.92 Å². The van der Waals surface area contributed by atoms with Gasteiger partial charge in [-0.1, -0.05) is 32.8 Å². The molecule has 0 spiro atoms. The van der Waals surface area contributed by atoms with Crippen LogP contribution in [0.1, 0.15) is 53.9 Å². The fraction of sp³-hybridized carbons (Fsp3) is 0.833. The summed E-state index contributed by atoms with van der Waals surface area (Å²) in [7, 11) is 0. The van der Waals surface area contributed by atoms with Gasteiger partial charge < -0.3 is 5.32 Å². The van der Waals surface area contributed by atoms with Gasteiger partial charge in [-0.2, -0.15) is 0 Å². The molecule has 0 heterocycles. The lowest BCUT2D eigenvalue weighted by Crippen LogP contribution is -2.16. The van der Waals surface area contributed by atoms with E-state index in [1.165, 1.54) is 24.1 Å². The molecule has 1 heteroatoms. The summed E-state index contributed by atoms with van der Waals surface area (Å²) < 4.78 is 0. The van der Waals surface area contributed by atoms with Gasteiger partial charge in [0.15, 0.2) is 0 Å². The minimum atomic E-state index is 0.849. The minimum Gasteiger partial charge on any atom is -0.389 e. The minimum absolute atomic E-state index is 0.849. The van der Waals surface area contributed by atoms with E-state index in [0.29, 0.717) is 0 Å². The average molecular weight is 183 g/mol. The fourth-order valence-corrected chi connectivity index (χ4v) is 1.13. The highest BCUT2D eigenvalue weighted by Crippen LogP contribution is 2.07. The molecule has 1 N–H and O–H groups in total. The smallest absolute Gasteiger partial charge is 0.0146 e. The average Bonchev–Trinajstić information content (AvgIpc) is 2.15. The first kappa shape index (κ1) is 12.5. The first-order valence-corrected chi connectivity index (χ1v) is 5.52. The van der Waals surface area contributed by atoms with E-state index in [1.807, 2.05) is 0 Å². The Morgan fingerprint density at radius 2 is 1.85 bits per heavy atom. The van der Waals surface area contributed by atoms with Crippen LogP contribution in [0.2, 0.25) is 0 Å². The highest BCUT2D eigenvalue weighted by atomic mass is 14.9. The lowest BCUT2D eigenvalue weighted by molar-refractivity contribution is 0.502. The molecule has 0 aliphatic heterocycles. The van der Waals surface area contributed by atoms with Crippen LogP contribution in [0.3, 0.4) is 0 Å². The van der Waals surface area contributed by atoms with E-state index in [0.717, 1.165) is 18.9 Å². The predicted molar refractivity (Wildman–Crippen MR) is 60.7 cm³/mol. The largest absolute Gasteiger partial charge is 0.389 e. The van der Waals surface area contributed by atoms with Crippen molar-refractivity contribution in [1.82, 2.24) is 5.32 Å². The summed E-state index contributed by atoms with van der Waals surface area (Å²) in [5, 5.41) is 3.48. The number of allylic oxidation sites excluding steroid dienone is 2. The highest BCUT2D eigenvalue weighted by Gasteiger charge is 1.98. The molecule has 0 bridgehead atoms. The molecule has 1 atom stereocenters. The molecule has 78 valence electrons. The Morgan fingerprint density at radius 1 is 1.23 bits per heavy atom. The van der Waals surface area contributed by atoms with E-state index in [2.05, 4.69) is 39.9 Å². The number of hydrogen-bond donors (Lipinski definition) is 1. The number of nitrogens with one attached hydrogen (secondary N) is 1. The molecule has 0 aliphatic carbocycles. The Labute approximate surface area is 83.6 Å². The van der Waals surface area contributed by atoms with Gasteiger partial charge >= 0.3 is 0 Å². The van der Waals surface area contributed by atoms with Crippen LogP contribution in [0.4, 0.5) is 0 Å². The molecule has 0 saturated carbocycles. The third-order valence-electron chi connectivity index (χ3n) is 2.89. The van der Waals surface area contributed by atoms with Crippen molar-refractivity contribution < 1.29 is 0 Å². The SMILES string of the molecule is CCC(C)=C(C)NCCC(C)CC. The normalized spacial score (nSPS) is 15.2. The quantitative estimate of drug-likeness (QED) is 0.662. The standard InChI is InChI=1S/C12H25N/c1-6-10(3)8-9-13-12(5)11(4)7-2/h10,13H,6-9H2,1-5H3. The molecule has 0 aromatic carbocycles. The van der Waals surface area contributed by atoms with Gasteiger partial charge in [-0.15, -0.1) is 0 Å². The molecule has 0 saturated heterocycles. The monoisotopic (exact) mass is 183 g/mol. The second-order valence-corrected chi connectivity index (χ2v) is 3.99. The van der Waals surface area contributed by atoms with Gasteiger partial charge in [0.05, 0.1) is 0 Å². The van der Waals surface area contributed by atoms with E-state index in [1.54, 1.807) is 0 Å². The summed E-state index contributed by atoms with van der Waals surface area (Å²) in [4.78, 5) is 0. The summed E-state index contributed by atoms with van der Waals surface area (Å²) in [6.07, 6.45) is 3.73. The maximum Gasteiger partial charge on any atom is 0.0146 e. The highest BCUT2D eigenvalue weighted by molar-refractivity contribution is 5.06. The molecule has 0 fully saturated rings. The number of hydrogen-bond acceptors (Lipinski definition) is 1. The van der Waals surface area contributed by atoms with Crippen molar-refractivity contribution >= 4 is 0 Å². The van der Waals surface area contributed by atoms with Gasteiger partial charge in [0.2, 0.25) is 0 Å². The van der Waals surface area contributed by atoms with Gasteiger partial charge in [0.1, 0.15) is 0 Å². The van der Waals surface area contributed by atoms with Crippen LogP contribution in [-0.2, 0) is 0 Å². The maximum absolute atomic E-state index is 3.48. The van der Waals surface area contributed by atoms with Crippen LogP contribution in [0.15, 0.2) is 11.3 Å². The van der Waals surface area contributed by atoms with E-state index in [-0.39, 0.29) is 0 Å². The van der Waals surface area contributed by atoms with E-state index >= 15 is 0 Å². The second-order valence-electron chi connectivity index (χ2n) is 3.99. The van der Waals surface area contributed by atoms with E-state index in [4.69, 9.17) is 0 Å². The van der Waals surface area contributed by atoms with Crippen LogP contribution >= 0.6 is 0 Å². The molecular weight excluding hydrogens is 158 g/mol. The summed E-state index contributed by atoms with van der Waals surface area (Å²) in [5.41, 5.74) is 2.84. The van der Waals surface area contributed by atoms with Crippen molar-refractivity contribution in [3.05, 3.63) is 11.3 Å². The van der Waals surface area contributed by atoms with E-state index < -0.39 is 0 Å². The van der Waals surface area contributed by atoms with Crippen molar-refractivity contribution in [2.75, 3.05) is 6.54 Å². The van der Waals surface area contributed by atoms with Crippen LogP contribution < -0.4 is 5.32 Å². The zero-order valence-electron chi connectivity index (χ0n) is 9.91. The van der Waals surface area contributed by atoms with Crippen molar-refractivity contribution in [3.63, 3.8) is 0 Å². The Balaban J connectivity index is 3.65. The lowest BCUT2D eigenvalue weighted by Gasteiger charge is -2.12. The van der Waals surface area contributed by atoms with Crippen molar-refractivity contribution in [1.29, 1.82) is 0 Å². The zero-order valence-corrected chi connectivity index (χ0v) is 9.91. The van der Waals surface area contributed by atoms with Gasteiger partial charge in [-0.3, -0.25) is 0 Å². The summed E-state index contributed by atoms with van der Waals surface area (Å²) in [6, 6.07) is 0. The third-order valence-corrected chi connectivity index (χ3v) is 2.89. The molecule has 0 rings (SSSR count). The number of rotatable bonds is 6. The summed E-state index contributed by atoms with van der Waals surface area (Å²) in [5.74, 6) is 0.849. The lowest BCUT2D eigenvalue weighted by atomic mass is 10.1. The van der Waals surface area contributed by atoms with Crippen LogP contribution in [0, 0.1) is 5.92 Å². The van der Waals surface area contributed by atoms with E-state index in [9.17, 15) is 0 Å². The van der Waals surface area contributed by atoms with Crippen molar-refractivity contribution in [3.8, 4) is 0 Å². The molecule has 1 nitrogen and oxygen atoms in total. The molecular formula is C12H25N. The summed E-state index contributed by atoms with van der Waals surface area (Å²) in [6.45, 7) is 12.3. The second kappa shape index (κ2) is 6.99. The molecule has 0 aromatic rings. The summed E-state index contributed by atoms with van der Waals surface area (Å²) >= 11 is 0. The van der Waals surface area contributed by atoms with Gasteiger partial charge in [-0.25, -0.2) is 0 Å². The zero-order chi connectivity index (χ0) is 10.3. The third kappa shape index (κ3) is 5.73. The molecule has 0 aliphatic rings. The van der Waals surface area contributed by atoms with Gasteiger partial charge in [0.25, 0.3) is 0 Å². The topological polar surface area (TPSA) is 12.0 Å². The van der Waals surface area contributed by atoms with Gasteiger partial charge in [-0.05, 0) is 32.6 Å². The first-order valence-electron chi connectivity index (χ1n) is 5.52. The maximum atomic E-state index is 3.48. The van der Waals surface area contributed by atoms with Crippen LogP contribution in [0.25, 0.3) is 0 Å². The van der Waals surface area contributed by atoms with Crippen LogP contribution in [-0.4, -0.2) is 6.54 Å². The molecule has 0 aromatic heterocycles. The predicted octanol–water partition coefficient (Wildman–Crippen LogP) is 3.72. The first-order chi connectivity index (χ1) is 6.11. The molecule has 13 heavy (non-hydrogen) atoms. The Bertz CT molecular complexity index is 159.